The van der Waals surface area contributed by atoms with Crippen LogP contribution < -0.4 is 10.6 Å². The summed E-state index contributed by atoms with van der Waals surface area (Å²) in [5.41, 5.74) is 0.550. The average molecular weight is 762 g/mol. The van der Waals surface area contributed by atoms with E-state index in [9.17, 15) is 38.4 Å². The Labute approximate surface area is 316 Å². The van der Waals surface area contributed by atoms with Crippen LogP contribution in [0.3, 0.4) is 0 Å². The maximum absolute atomic E-state index is 15.4. The van der Waals surface area contributed by atoms with Crippen LogP contribution in [-0.2, 0) is 43.1 Å². The Kier molecular flexibility index (Phi) is 18.2. The molecule has 1 heterocycles. The van der Waals surface area contributed by atoms with E-state index in [-0.39, 0.29) is 62.6 Å². The topological polar surface area (TPSA) is 173 Å². The summed E-state index contributed by atoms with van der Waals surface area (Å²) in [4.78, 5) is 104. The molecule has 1 fully saturated rings. The number of hydrogen-bond acceptors (Lipinski definition) is 9. The van der Waals surface area contributed by atoms with Gasteiger partial charge in [-0.3, -0.25) is 33.6 Å². The van der Waals surface area contributed by atoms with Gasteiger partial charge >= 0.3 is 5.92 Å². The summed E-state index contributed by atoms with van der Waals surface area (Å²) in [6, 6.07) is 5.10. The average Bonchev–Trinajstić information content (AvgIpc) is 3.54. The predicted molar refractivity (Wildman–Crippen MR) is 196 cm³/mol. The Hall–Kier alpha value is -4.36. The molecule has 12 nitrogen and oxygen atoms in total. The molecule has 3 amide bonds. The first-order chi connectivity index (χ1) is 25.3. The van der Waals surface area contributed by atoms with E-state index >= 15 is 8.78 Å². The molecule has 1 aromatic carbocycles. The normalized spacial score (nSPS) is 18.0. The first kappa shape index (κ1) is 45.8. The fourth-order valence-electron chi connectivity index (χ4n) is 6.68. The van der Waals surface area contributed by atoms with E-state index in [4.69, 9.17) is 4.74 Å². The van der Waals surface area contributed by atoms with Gasteiger partial charge in [-0.15, -0.1) is 0 Å². The highest BCUT2D eigenvalue weighted by Crippen LogP contribution is 2.31. The fraction of sp³-hybridized carbons (Fsp3) is 0.650. The molecule has 54 heavy (non-hydrogen) atoms. The van der Waals surface area contributed by atoms with Crippen molar-refractivity contribution in [3.05, 3.63) is 35.9 Å². The van der Waals surface area contributed by atoms with Crippen LogP contribution in [0.5, 0.6) is 0 Å². The van der Waals surface area contributed by atoms with Gasteiger partial charge in [-0.25, -0.2) is 0 Å². The van der Waals surface area contributed by atoms with Gasteiger partial charge in [0.15, 0.2) is 5.78 Å². The summed E-state index contributed by atoms with van der Waals surface area (Å²) in [5, 5.41) is 4.94. The fourth-order valence-corrected chi connectivity index (χ4v) is 6.68. The number of halogens is 2. The van der Waals surface area contributed by atoms with Crippen molar-refractivity contribution >= 4 is 47.3 Å². The molecule has 1 saturated heterocycles. The van der Waals surface area contributed by atoms with Crippen LogP contribution in [-0.4, -0.2) is 82.9 Å². The van der Waals surface area contributed by atoms with Crippen LogP contribution in [0.1, 0.15) is 118 Å². The summed E-state index contributed by atoms with van der Waals surface area (Å²) in [6.45, 7) is 11.5. The molecule has 1 aromatic rings. The van der Waals surface area contributed by atoms with Crippen LogP contribution in [0.25, 0.3) is 0 Å². The van der Waals surface area contributed by atoms with Crippen molar-refractivity contribution in [2.45, 2.75) is 136 Å². The maximum atomic E-state index is 15.4. The molecule has 0 bridgehead atoms. The Morgan fingerprint density at radius 2 is 1.56 bits per heavy atom. The summed E-state index contributed by atoms with van der Waals surface area (Å²) in [6.07, 6.45) is -0.0877. The van der Waals surface area contributed by atoms with E-state index in [0.717, 1.165) is 4.90 Å². The van der Waals surface area contributed by atoms with Crippen molar-refractivity contribution in [2.75, 3.05) is 6.54 Å². The first-order valence-electron chi connectivity index (χ1n) is 18.9. The molecule has 300 valence electrons. The zero-order valence-corrected chi connectivity index (χ0v) is 32.5. The number of alkyl halides is 2. The number of Topliss-reactive ketones (excluding diaryl/α,β-unsaturated/α-hetero) is 4. The molecule has 0 radical (unpaired) electrons. The van der Waals surface area contributed by atoms with Gasteiger partial charge in [-0.1, -0.05) is 71.4 Å². The van der Waals surface area contributed by atoms with E-state index in [0.29, 0.717) is 24.8 Å². The van der Waals surface area contributed by atoms with Crippen LogP contribution >= 0.6 is 0 Å². The number of hydrogen-bond donors (Lipinski definition) is 2. The number of unbranched alkanes of at least 4 members (excludes halogenated alkanes) is 1. The van der Waals surface area contributed by atoms with Gasteiger partial charge in [0.2, 0.25) is 17.6 Å². The molecule has 0 saturated carbocycles. The van der Waals surface area contributed by atoms with E-state index in [1.54, 1.807) is 65.0 Å². The third-order valence-corrected chi connectivity index (χ3v) is 9.92. The highest BCUT2D eigenvalue weighted by molar-refractivity contribution is 6.09. The van der Waals surface area contributed by atoms with Gasteiger partial charge in [0.05, 0.1) is 18.6 Å². The minimum atomic E-state index is -4.45. The first-order valence-corrected chi connectivity index (χ1v) is 18.9. The SMILES string of the molecule is CCC[C@H](CC(=O)[C@@H]1C[C@@H](OC=O)CN1C(=O)[C@@H](NC(=O)[C@@H](CC(=O)CCCCC(C)=O)C(C)C)C(C)C)C(=O)C(F)(F)C(=O)N[C@@H](C)c1ccccc1. The van der Waals surface area contributed by atoms with Gasteiger partial charge < -0.3 is 25.1 Å². The Morgan fingerprint density at radius 3 is 2.11 bits per heavy atom. The van der Waals surface area contributed by atoms with Crippen LogP contribution in [0, 0.1) is 23.7 Å². The van der Waals surface area contributed by atoms with E-state index in [1.165, 1.54) is 13.8 Å². The number of nitrogens with zero attached hydrogens (tertiary/aromatic N) is 1. The van der Waals surface area contributed by atoms with Gasteiger partial charge in [-0.05, 0) is 50.5 Å². The molecular formula is C40H57F2N3O9. The maximum Gasteiger partial charge on any atom is 0.381 e. The number of ketones is 4. The lowest BCUT2D eigenvalue weighted by Crippen LogP contribution is -2.55. The second kappa shape index (κ2) is 21.5. The zero-order chi connectivity index (χ0) is 40.7. The largest absolute Gasteiger partial charge is 0.463 e. The molecule has 2 rings (SSSR count). The number of carbonyl (C=O) groups excluding carboxylic acids is 8. The molecule has 1 aliphatic rings. The molecule has 0 unspecified atom stereocenters. The number of ether oxygens (including phenoxy) is 1. The second-order valence-corrected chi connectivity index (χ2v) is 15.0. The minimum absolute atomic E-state index is 0.0296. The third-order valence-electron chi connectivity index (χ3n) is 9.92. The summed E-state index contributed by atoms with van der Waals surface area (Å²) in [5.74, 6) is -13.1. The van der Waals surface area contributed by atoms with E-state index in [2.05, 4.69) is 10.6 Å². The van der Waals surface area contributed by atoms with Crippen LogP contribution in [0.2, 0.25) is 0 Å². The van der Waals surface area contributed by atoms with Crippen molar-refractivity contribution in [2.24, 2.45) is 23.7 Å². The highest BCUT2D eigenvalue weighted by Gasteiger charge is 2.51. The van der Waals surface area contributed by atoms with Gasteiger partial charge in [-0.2, -0.15) is 8.78 Å². The monoisotopic (exact) mass is 761 g/mol. The smallest absolute Gasteiger partial charge is 0.381 e. The molecule has 0 aromatic heterocycles. The standard InChI is InChI=1S/C40H57F2N3O9/c1-8-14-29(36(50)40(41,42)39(53)43-27(7)28-16-10-9-11-17-28)19-34(49)33-21-31(54-23-46)22-45(33)38(52)35(25(4)5)44-37(51)32(24(2)3)20-30(48)18-13-12-15-26(6)47/h9-11,16-17,23-25,27,29,31-33,35H,8,12-15,18-22H2,1-7H3,(H,43,53)(H,44,51)/t27-,29+,31+,32-,33-,35-/m0/s1. The molecule has 0 aliphatic carbocycles. The summed E-state index contributed by atoms with van der Waals surface area (Å²) in [7, 11) is 0. The molecule has 1 aliphatic heterocycles. The lowest BCUT2D eigenvalue weighted by Gasteiger charge is -2.32. The summed E-state index contributed by atoms with van der Waals surface area (Å²) >= 11 is 0. The molecule has 0 spiro atoms. The second-order valence-electron chi connectivity index (χ2n) is 15.0. The number of benzene rings is 1. The van der Waals surface area contributed by atoms with Crippen molar-refractivity contribution in [3.8, 4) is 0 Å². The van der Waals surface area contributed by atoms with Crippen molar-refractivity contribution in [1.82, 2.24) is 15.5 Å². The predicted octanol–water partition coefficient (Wildman–Crippen LogP) is 5.11. The highest BCUT2D eigenvalue weighted by atomic mass is 19.3. The quantitative estimate of drug-likeness (QED) is 0.0825. The lowest BCUT2D eigenvalue weighted by atomic mass is 9.87. The van der Waals surface area contributed by atoms with Gasteiger partial charge in [0.25, 0.3) is 12.4 Å². The van der Waals surface area contributed by atoms with Gasteiger partial charge in [0, 0.05) is 43.9 Å². The molecule has 6 atom stereocenters. The number of amides is 3. The number of likely N-dealkylation sites (tertiary alicyclic amines) is 1. The Balaban J connectivity index is 2.26. The van der Waals surface area contributed by atoms with Gasteiger partial charge in [0.1, 0.15) is 23.7 Å². The van der Waals surface area contributed by atoms with E-state index in [1.807, 2.05) is 0 Å². The summed E-state index contributed by atoms with van der Waals surface area (Å²) < 4.78 is 35.9. The minimum Gasteiger partial charge on any atom is -0.463 e. The molecule has 14 heteroatoms. The van der Waals surface area contributed by atoms with Crippen molar-refractivity contribution < 1.29 is 51.9 Å². The number of rotatable bonds is 24. The van der Waals surface area contributed by atoms with Crippen LogP contribution in [0.15, 0.2) is 30.3 Å². The van der Waals surface area contributed by atoms with Crippen molar-refractivity contribution in [1.29, 1.82) is 0 Å². The molecular weight excluding hydrogens is 704 g/mol. The number of nitrogens with one attached hydrogen (secondary N) is 2. The Bertz CT molecular complexity index is 1480. The zero-order valence-electron chi connectivity index (χ0n) is 32.5. The number of carbonyl (C=O) groups is 8. The van der Waals surface area contributed by atoms with Crippen molar-refractivity contribution in [3.63, 3.8) is 0 Å². The molecule has 2 N–H and O–H groups in total. The Morgan fingerprint density at radius 1 is 0.926 bits per heavy atom. The van der Waals surface area contributed by atoms with Crippen LogP contribution in [0.4, 0.5) is 8.78 Å². The lowest BCUT2D eigenvalue weighted by molar-refractivity contribution is -0.162. The van der Waals surface area contributed by atoms with E-state index < -0.39 is 83.6 Å². The third kappa shape index (κ3) is 13.2.